The second kappa shape index (κ2) is 4.96. The molecular weight excluding hydrogens is 281 g/mol. The van der Waals surface area contributed by atoms with Crippen molar-refractivity contribution >= 4 is 11.6 Å². The Balaban J connectivity index is 1.94. The van der Waals surface area contributed by atoms with Crippen LogP contribution in [0.4, 0.5) is 4.39 Å². The van der Waals surface area contributed by atoms with E-state index in [1.54, 1.807) is 24.3 Å². The topological polar surface area (TPSA) is 55.5 Å². The van der Waals surface area contributed by atoms with E-state index >= 15 is 0 Å². The van der Waals surface area contributed by atoms with Gasteiger partial charge in [-0.3, -0.25) is 0 Å². The number of rotatable bonds is 1. The van der Waals surface area contributed by atoms with E-state index in [2.05, 4.69) is 0 Å². The molecule has 3 nitrogen and oxygen atoms in total. The van der Waals surface area contributed by atoms with Crippen LogP contribution in [-0.2, 0) is 0 Å². The van der Waals surface area contributed by atoms with Crippen molar-refractivity contribution in [3.8, 4) is 11.5 Å². The van der Waals surface area contributed by atoms with Crippen molar-refractivity contribution in [3.05, 3.63) is 58.4 Å². The van der Waals surface area contributed by atoms with Gasteiger partial charge in [0.05, 0.1) is 0 Å². The van der Waals surface area contributed by atoms with Gasteiger partial charge in [0.15, 0.2) is 11.6 Å². The molecule has 0 bridgehead atoms. The Kier molecular flexibility index (Phi) is 3.28. The van der Waals surface area contributed by atoms with Gasteiger partial charge in [-0.05, 0) is 35.9 Å². The third-order valence-electron chi connectivity index (χ3n) is 3.45. The van der Waals surface area contributed by atoms with Crippen molar-refractivity contribution in [2.45, 2.75) is 18.6 Å². The van der Waals surface area contributed by atoms with Crippen LogP contribution in [0, 0.1) is 5.82 Å². The minimum Gasteiger partial charge on any atom is -0.505 e. The van der Waals surface area contributed by atoms with Crippen LogP contribution in [0.1, 0.15) is 29.7 Å². The minimum absolute atomic E-state index is 0.223. The molecule has 20 heavy (non-hydrogen) atoms. The highest BCUT2D eigenvalue weighted by molar-refractivity contribution is 6.30. The molecule has 0 amide bonds. The number of benzene rings is 2. The second-order valence-electron chi connectivity index (χ2n) is 4.84. The molecule has 1 unspecified atom stereocenters. The fourth-order valence-electron chi connectivity index (χ4n) is 2.40. The molecule has 0 radical (unpaired) electrons. The number of fused-ring (bicyclic) bond motifs is 1. The Morgan fingerprint density at radius 1 is 1.25 bits per heavy atom. The highest BCUT2D eigenvalue weighted by atomic mass is 35.5. The minimum atomic E-state index is -0.665. The maximum Gasteiger partial charge on any atom is 0.165 e. The van der Waals surface area contributed by atoms with E-state index in [4.69, 9.17) is 22.1 Å². The predicted molar refractivity (Wildman–Crippen MR) is 74.4 cm³/mol. The SMILES string of the molecule is N[C@H]1CC(c2ccc(O)c(F)c2)Oc2ccc(Cl)cc21. The lowest BCUT2D eigenvalue weighted by Crippen LogP contribution is -2.24. The van der Waals surface area contributed by atoms with Gasteiger partial charge in [0.2, 0.25) is 0 Å². The quantitative estimate of drug-likeness (QED) is 0.843. The summed E-state index contributed by atoms with van der Waals surface area (Å²) in [5, 5.41) is 9.84. The summed E-state index contributed by atoms with van der Waals surface area (Å²) in [4.78, 5) is 0. The molecule has 0 spiro atoms. The van der Waals surface area contributed by atoms with Crippen LogP contribution in [0.5, 0.6) is 11.5 Å². The van der Waals surface area contributed by atoms with Gasteiger partial charge in [-0.1, -0.05) is 17.7 Å². The summed E-state index contributed by atoms with van der Waals surface area (Å²) in [7, 11) is 0. The Hall–Kier alpha value is -1.78. The average Bonchev–Trinajstić information content (AvgIpc) is 2.42. The number of nitrogens with two attached hydrogens (primary N) is 1. The molecule has 1 aliphatic heterocycles. The summed E-state index contributed by atoms with van der Waals surface area (Å²) in [5.74, 6) is -0.380. The van der Waals surface area contributed by atoms with Gasteiger partial charge in [0, 0.05) is 23.0 Å². The van der Waals surface area contributed by atoms with Gasteiger partial charge in [-0.25, -0.2) is 4.39 Å². The molecule has 2 atom stereocenters. The van der Waals surface area contributed by atoms with Crippen LogP contribution < -0.4 is 10.5 Å². The van der Waals surface area contributed by atoms with Crippen LogP contribution in [0.2, 0.25) is 5.02 Å². The van der Waals surface area contributed by atoms with E-state index < -0.39 is 5.82 Å². The number of hydrogen-bond donors (Lipinski definition) is 2. The van der Waals surface area contributed by atoms with Crippen molar-refractivity contribution in [2.24, 2.45) is 5.73 Å². The third kappa shape index (κ3) is 2.32. The fraction of sp³-hybridized carbons (Fsp3) is 0.200. The van der Waals surface area contributed by atoms with Crippen molar-refractivity contribution in [3.63, 3.8) is 0 Å². The molecule has 104 valence electrons. The molecule has 5 heteroatoms. The van der Waals surface area contributed by atoms with E-state index in [-0.39, 0.29) is 17.9 Å². The first-order valence-corrected chi connectivity index (χ1v) is 6.62. The largest absolute Gasteiger partial charge is 0.505 e. The molecule has 0 saturated heterocycles. The van der Waals surface area contributed by atoms with Gasteiger partial charge in [0.1, 0.15) is 11.9 Å². The summed E-state index contributed by atoms with van der Waals surface area (Å²) in [6, 6.07) is 9.28. The fourth-order valence-corrected chi connectivity index (χ4v) is 2.58. The summed E-state index contributed by atoms with van der Waals surface area (Å²) < 4.78 is 19.3. The zero-order valence-corrected chi connectivity index (χ0v) is 11.3. The molecule has 2 aromatic rings. The van der Waals surface area contributed by atoms with E-state index in [0.29, 0.717) is 22.8 Å². The average molecular weight is 294 g/mol. The van der Waals surface area contributed by atoms with E-state index in [0.717, 1.165) is 5.56 Å². The molecule has 1 heterocycles. The molecule has 3 rings (SSSR count). The highest BCUT2D eigenvalue weighted by Gasteiger charge is 2.27. The molecule has 0 fully saturated rings. The smallest absolute Gasteiger partial charge is 0.165 e. The normalized spacial score (nSPS) is 21.1. The number of phenolic OH excluding ortho intramolecular Hbond substituents is 1. The first-order chi connectivity index (χ1) is 9.54. The lowest BCUT2D eigenvalue weighted by Gasteiger charge is -2.30. The highest BCUT2D eigenvalue weighted by Crippen LogP contribution is 2.41. The zero-order valence-electron chi connectivity index (χ0n) is 10.5. The molecule has 0 aromatic heterocycles. The van der Waals surface area contributed by atoms with Crippen molar-refractivity contribution in [1.29, 1.82) is 0 Å². The Bertz CT molecular complexity index is 662. The molecule has 2 aromatic carbocycles. The monoisotopic (exact) mass is 293 g/mol. The van der Waals surface area contributed by atoms with Crippen LogP contribution in [0.3, 0.4) is 0 Å². The molecule has 1 aliphatic rings. The number of aromatic hydroxyl groups is 1. The molecule has 0 aliphatic carbocycles. The first kappa shape index (κ1) is 13.2. The van der Waals surface area contributed by atoms with E-state index in [9.17, 15) is 9.50 Å². The standard InChI is InChI=1S/C15H13ClFNO2/c16-9-2-4-14-10(6-9)12(18)7-15(20-14)8-1-3-13(19)11(17)5-8/h1-6,12,15,19H,7,18H2/t12-,15?/m0/s1. The Labute approximate surface area is 120 Å². The molecular formula is C15H13ClFNO2. The number of ether oxygens (including phenoxy) is 1. The van der Waals surface area contributed by atoms with Gasteiger partial charge >= 0.3 is 0 Å². The molecule has 0 saturated carbocycles. The Morgan fingerprint density at radius 3 is 2.80 bits per heavy atom. The van der Waals surface area contributed by atoms with Gasteiger partial charge in [0.25, 0.3) is 0 Å². The van der Waals surface area contributed by atoms with Crippen LogP contribution in [0.25, 0.3) is 0 Å². The van der Waals surface area contributed by atoms with Crippen molar-refractivity contribution in [2.75, 3.05) is 0 Å². The van der Waals surface area contributed by atoms with Gasteiger partial charge < -0.3 is 15.6 Å². The zero-order chi connectivity index (χ0) is 14.3. The van der Waals surface area contributed by atoms with E-state index in [1.165, 1.54) is 12.1 Å². The second-order valence-corrected chi connectivity index (χ2v) is 5.28. The van der Waals surface area contributed by atoms with Crippen LogP contribution in [-0.4, -0.2) is 5.11 Å². The van der Waals surface area contributed by atoms with Crippen LogP contribution >= 0.6 is 11.6 Å². The summed E-state index contributed by atoms with van der Waals surface area (Å²) in [6.45, 7) is 0. The predicted octanol–water partition coefficient (Wildman–Crippen LogP) is 3.71. The number of halogens is 2. The number of phenols is 1. The van der Waals surface area contributed by atoms with Gasteiger partial charge in [-0.2, -0.15) is 0 Å². The first-order valence-electron chi connectivity index (χ1n) is 6.24. The summed E-state index contributed by atoms with van der Waals surface area (Å²) in [6.07, 6.45) is 0.186. The van der Waals surface area contributed by atoms with Gasteiger partial charge in [-0.15, -0.1) is 0 Å². The van der Waals surface area contributed by atoms with Crippen molar-refractivity contribution in [1.82, 2.24) is 0 Å². The lowest BCUT2D eigenvalue weighted by molar-refractivity contribution is 0.161. The van der Waals surface area contributed by atoms with E-state index in [1.807, 2.05) is 0 Å². The number of hydrogen-bond acceptors (Lipinski definition) is 3. The summed E-state index contributed by atoms with van der Waals surface area (Å²) >= 11 is 5.95. The maximum absolute atomic E-state index is 13.4. The Morgan fingerprint density at radius 2 is 2.05 bits per heavy atom. The maximum atomic E-state index is 13.4. The summed E-state index contributed by atoms with van der Waals surface area (Å²) in [5.41, 5.74) is 7.63. The molecule has 3 N–H and O–H groups in total. The lowest BCUT2D eigenvalue weighted by atomic mass is 9.93. The third-order valence-corrected chi connectivity index (χ3v) is 3.69. The van der Waals surface area contributed by atoms with Crippen LogP contribution in [0.15, 0.2) is 36.4 Å². The van der Waals surface area contributed by atoms with Crippen molar-refractivity contribution < 1.29 is 14.2 Å².